The summed E-state index contributed by atoms with van der Waals surface area (Å²) in [5, 5.41) is 9.47. The lowest BCUT2D eigenvalue weighted by atomic mass is 10.2. The van der Waals surface area contributed by atoms with Gasteiger partial charge in [-0.15, -0.1) is 24.0 Å². The normalized spacial score (nSPS) is 14.0. The number of aliphatic imine (C=N–C) groups is 1. The number of halogens is 1. The zero-order valence-electron chi connectivity index (χ0n) is 13.0. The van der Waals surface area contributed by atoms with Crippen molar-refractivity contribution in [2.75, 3.05) is 13.6 Å². The second-order valence-corrected chi connectivity index (χ2v) is 5.28. The average molecular weight is 416 g/mol. The van der Waals surface area contributed by atoms with Gasteiger partial charge in [0.1, 0.15) is 0 Å². The molecule has 0 bridgehead atoms. The second-order valence-electron chi connectivity index (χ2n) is 5.28. The van der Waals surface area contributed by atoms with E-state index < -0.39 is 0 Å². The topological polar surface area (TPSA) is 65.5 Å². The molecule has 1 fully saturated rings. The third kappa shape index (κ3) is 7.63. The van der Waals surface area contributed by atoms with Gasteiger partial charge in [0.05, 0.1) is 0 Å². The first kappa shape index (κ1) is 18.7. The fraction of sp³-hybridized carbons (Fsp3) is 0.500. The maximum absolute atomic E-state index is 11.5. The first-order valence-corrected chi connectivity index (χ1v) is 7.56. The molecule has 6 heteroatoms. The Morgan fingerprint density at radius 1 is 1.23 bits per heavy atom. The highest BCUT2D eigenvalue weighted by Crippen LogP contribution is 2.18. The highest BCUT2D eigenvalue weighted by Gasteiger charge is 2.22. The van der Waals surface area contributed by atoms with E-state index in [1.54, 1.807) is 7.05 Å². The van der Waals surface area contributed by atoms with Gasteiger partial charge in [0.2, 0.25) is 5.91 Å². The van der Waals surface area contributed by atoms with E-state index in [1.807, 2.05) is 18.2 Å². The van der Waals surface area contributed by atoms with Crippen LogP contribution in [0.3, 0.4) is 0 Å². The molecule has 0 aromatic heterocycles. The highest BCUT2D eigenvalue weighted by atomic mass is 127. The summed E-state index contributed by atoms with van der Waals surface area (Å²) in [5.74, 6) is 0.924. The Labute approximate surface area is 149 Å². The molecule has 5 nitrogen and oxygen atoms in total. The number of carbonyl (C=O) groups excluding carboxylic acids is 1. The van der Waals surface area contributed by atoms with Crippen LogP contribution in [0.1, 0.15) is 31.2 Å². The Hall–Kier alpha value is -1.31. The van der Waals surface area contributed by atoms with Gasteiger partial charge < -0.3 is 16.0 Å². The van der Waals surface area contributed by atoms with Crippen molar-refractivity contribution in [3.05, 3.63) is 35.9 Å². The van der Waals surface area contributed by atoms with E-state index in [0.29, 0.717) is 12.5 Å². The number of rotatable bonds is 7. The number of guanidine groups is 1. The summed E-state index contributed by atoms with van der Waals surface area (Å²) < 4.78 is 0. The van der Waals surface area contributed by atoms with Crippen molar-refractivity contribution in [2.24, 2.45) is 4.99 Å². The van der Waals surface area contributed by atoms with Gasteiger partial charge in [-0.3, -0.25) is 9.79 Å². The minimum absolute atomic E-state index is 0. The Morgan fingerprint density at radius 2 is 1.95 bits per heavy atom. The molecule has 0 heterocycles. The fourth-order valence-electron chi connectivity index (χ4n) is 1.99. The number of nitrogens with zero attached hydrogens (tertiary/aromatic N) is 1. The molecule has 3 N–H and O–H groups in total. The van der Waals surface area contributed by atoms with E-state index in [2.05, 4.69) is 33.1 Å². The summed E-state index contributed by atoms with van der Waals surface area (Å²) in [4.78, 5) is 15.7. The first-order valence-electron chi connectivity index (χ1n) is 7.56. The largest absolute Gasteiger partial charge is 0.356 e. The van der Waals surface area contributed by atoms with Gasteiger partial charge in [-0.2, -0.15) is 0 Å². The molecule has 1 aliphatic rings. The van der Waals surface area contributed by atoms with Crippen LogP contribution >= 0.6 is 24.0 Å². The van der Waals surface area contributed by atoms with E-state index >= 15 is 0 Å². The van der Waals surface area contributed by atoms with Crippen molar-refractivity contribution < 1.29 is 4.79 Å². The number of hydrogen-bond donors (Lipinski definition) is 3. The highest BCUT2D eigenvalue weighted by molar-refractivity contribution is 14.0. The zero-order chi connectivity index (χ0) is 14.9. The standard InChI is InChI=1S/C16H24N4O.HI/c1-17-16(19-12-13-6-3-2-4-7-13)18-11-5-8-15(21)20-14-9-10-14;/h2-4,6-7,14H,5,8-12H2,1H3,(H,20,21)(H2,17,18,19);1H. The monoisotopic (exact) mass is 416 g/mol. The van der Waals surface area contributed by atoms with Gasteiger partial charge >= 0.3 is 0 Å². The Bertz CT molecular complexity index is 474. The molecule has 1 amide bonds. The molecule has 1 saturated carbocycles. The fourth-order valence-corrected chi connectivity index (χ4v) is 1.99. The summed E-state index contributed by atoms with van der Waals surface area (Å²) in [6.45, 7) is 1.48. The predicted octanol–water partition coefficient (Wildman–Crippen LogP) is 2.03. The molecule has 1 aliphatic carbocycles. The van der Waals surface area contributed by atoms with Crippen molar-refractivity contribution >= 4 is 35.8 Å². The molecule has 0 atom stereocenters. The van der Waals surface area contributed by atoms with Gasteiger partial charge in [-0.25, -0.2) is 0 Å². The molecule has 0 unspecified atom stereocenters. The third-order valence-electron chi connectivity index (χ3n) is 3.34. The van der Waals surface area contributed by atoms with Crippen LogP contribution in [-0.4, -0.2) is 31.5 Å². The molecule has 1 aromatic carbocycles. The minimum atomic E-state index is 0. The van der Waals surface area contributed by atoms with Crippen LogP contribution in [0.5, 0.6) is 0 Å². The van der Waals surface area contributed by atoms with E-state index in [-0.39, 0.29) is 29.9 Å². The number of hydrogen-bond acceptors (Lipinski definition) is 2. The van der Waals surface area contributed by atoms with Gasteiger partial charge in [0.15, 0.2) is 5.96 Å². The molecule has 0 saturated heterocycles. The van der Waals surface area contributed by atoms with E-state index in [9.17, 15) is 4.79 Å². The lowest BCUT2D eigenvalue weighted by molar-refractivity contribution is -0.121. The quantitative estimate of drug-likeness (QED) is 0.276. The number of nitrogens with one attached hydrogen (secondary N) is 3. The van der Waals surface area contributed by atoms with Crippen LogP contribution < -0.4 is 16.0 Å². The lowest BCUT2D eigenvalue weighted by Crippen LogP contribution is -2.37. The summed E-state index contributed by atoms with van der Waals surface area (Å²) in [6.07, 6.45) is 3.66. The van der Waals surface area contributed by atoms with Crippen LogP contribution in [0, 0.1) is 0 Å². The van der Waals surface area contributed by atoms with Crippen LogP contribution in [0.2, 0.25) is 0 Å². The summed E-state index contributed by atoms with van der Waals surface area (Å²) >= 11 is 0. The smallest absolute Gasteiger partial charge is 0.220 e. The number of benzene rings is 1. The van der Waals surface area contributed by atoms with Crippen LogP contribution in [0.25, 0.3) is 0 Å². The summed E-state index contributed by atoms with van der Waals surface area (Å²) in [7, 11) is 1.75. The molecular weight excluding hydrogens is 391 g/mol. The van der Waals surface area contributed by atoms with E-state index in [1.165, 1.54) is 5.56 Å². The van der Waals surface area contributed by atoms with Gasteiger partial charge in [0.25, 0.3) is 0 Å². The summed E-state index contributed by atoms with van der Waals surface area (Å²) in [5.41, 5.74) is 1.21. The SMILES string of the molecule is CN=C(NCCCC(=O)NC1CC1)NCc1ccccc1.I. The van der Waals surface area contributed by atoms with Gasteiger partial charge in [-0.05, 0) is 24.8 Å². The van der Waals surface area contributed by atoms with E-state index in [0.717, 1.165) is 38.3 Å². The molecule has 22 heavy (non-hydrogen) atoms. The molecule has 0 radical (unpaired) electrons. The van der Waals surface area contributed by atoms with Crippen molar-refractivity contribution in [3.63, 3.8) is 0 Å². The Balaban J connectivity index is 0.00000242. The maximum Gasteiger partial charge on any atom is 0.220 e. The zero-order valence-corrected chi connectivity index (χ0v) is 15.3. The number of amides is 1. The predicted molar refractivity (Wildman–Crippen MR) is 100 cm³/mol. The van der Waals surface area contributed by atoms with Crippen molar-refractivity contribution in [2.45, 2.75) is 38.3 Å². The second kappa shape index (κ2) is 10.4. The average Bonchev–Trinajstić information content (AvgIpc) is 3.31. The van der Waals surface area contributed by atoms with Crippen molar-refractivity contribution in [1.82, 2.24) is 16.0 Å². The van der Waals surface area contributed by atoms with E-state index in [4.69, 9.17) is 0 Å². The molecule has 0 aliphatic heterocycles. The summed E-state index contributed by atoms with van der Waals surface area (Å²) in [6, 6.07) is 10.6. The Morgan fingerprint density at radius 3 is 2.59 bits per heavy atom. The Kier molecular flexibility index (Phi) is 8.88. The molecule has 1 aromatic rings. The van der Waals surface area contributed by atoms with Gasteiger partial charge in [0, 0.05) is 32.6 Å². The minimum Gasteiger partial charge on any atom is -0.356 e. The van der Waals surface area contributed by atoms with Gasteiger partial charge in [-0.1, -0.05) is 30.3 Å². The van der Waals surface area contributed by atoms with Crippen molar-refractivity contribution in [1.29, 1.82) is 0 Å². The van der Waals surface area contributed by atoms with Crippen molar-refractivity contribution in [3.8, 4) is 0 Å². The molecular formula is C16H25IN4O. The van der Waals surface area contributed by atoms with Crippen LogP contribution in [-0.2, 0) is 11.3 Å². The molecule has 2 rings (SSSR count). The lowest BCUT2D eigenvalue weighted by Gasteiger charge is -2.11. The third-order valence-corrected chi connectivity index (χ3v) is 3.34. The van der Waals surface area contributed by atoms with Crippen LogP contribution in [0.4, 0.5) is 0 Å². The molecule has 122 valence electrons. The number of carbonyl (C=O) groups is 1. The molecule has 0 spiro atoms. The maximum atomic E-state index is 11.5. The first-order chi connectivity index (χ1) is 10.3. The van der Waals surface area contributed by atoms with Crippen LogP contribution in [0.15, 0.2) is 35.3 Å².